The lowest BCUT2D eigenvalue weighted by molar-refractivity contribution is 1.10. The molecule has 0 N–H and O–H groups in total. The van der Waals surface area contributed by atoms with E-state index in [0.29, 0.717) is 5.82 Å². The number of aromatic nitrogens is 6. The maximum atomic E-state index is 5.45. The average Bonchev–Trinajstić information content (AvgIpc) is 3.80. The number of hydrogen-bond acceptors (Lipinski definition) is 5. The molecule has 0 aliphatic carbocycles. The normalized spacial score (nSPS) is 11.4. The molecule has 0 fully saturated rings. The zero-order valence-corrected chi connectivity index (χ0v) is 35.1. The number of hydrogen-bond donors (Lipinski definition) is 0. The van der Waals surface area contributed by atoms with Gasteiger partial charge in [-0.05, 0) is 59.0 Å². The smallest absolute Gasteiger partial charge is 0.160 e. The van der Waals surface area contributed by atoms with E-state index in [1.54, 1.807) is 0 Å². The van der Waals surface area contributed by atoms with Gasteiger partial charge in [0.05, 0.1) is 45.0 Å². The first-order chi connectivity index (χ1) is 32.2. The lowest BCUT2D eigenvalue weighted by atomic mass is 9.97. The van der Waals surface area contributed by atoms with E-state index in [4.69, 9.17) is 24.9 Å². The predicted molar refractivity (Wildman–Crippen MR) is 265 cm³/mol. The van der Waals surface area contributed by atoms with Crippen LogP contribution < -0.4 is 0 Å². The minimum absolute atomic E-state index is 0.649. The van der Waals surface area contributed by atoms with Gasteiger partial charge in [-0.1, -0.05) is 188 Å². The maximum absolute atomic E-state index is 5.45. The fraction of sp³-hybridized carbons (Fsp3) is 0. The van der Waals surface area contributed by atoms with E-state index in [0.717, 1.165) is 106 Å². The summed E-state index contributed by atoms with van der Waals surface area (Å²) in [5, 5.41) is 3.22. The molecule has 12 rings (SSSR count). The highest BCUT2D eigenvalue weighted by Gasteiger charge is 2.21. The van der Waals surface area contributed by atoms with Crippen LogP contribution in [0.2, 0.25) is 0 Å². The molecule has 0 saturated carbocycles. The van der Waals surface area contributed by atoms with Gasteiger partial charge in [-0.2, -0.15) is 0 Å². The van der Waals surface area contributed by atoms with E-state index in [9.17, 15) is 0 Å². The monoisotopic (exact) mass is 830 g/mol. The molecular formula is C59H38N6. The summed E-state index contributed by atoms with van der Waals surface area (Å²) < 4.78 is 2.26. The zero-order chi connectivity index (χ0) is 43.1. The van der Waals surface area contributed by atoms with Crippen LogP contribution in [0.15, 0.2) is 231 Å². The van der Waals surface area contributed by atoms with Crippen LogP contribution in [0, 0.1) is 0 Å². The Labute approximate surface area is 375 Å². The summed E-state index contributed by atoms with van der Waals surface area (Å²) >= 11 is 0. The number of rotatable bonds is 8. The molecule has 65 heavy (non-hydrogen) atoms. The predicted octanol–water partition coefficient (Wildman–Crippen LogP) is 14.6. The molecule has 304 valence electrons. The molecule has 0 saturated heterocycles. The molecule has 12 aromatic rings. The molecule has 0 atom stereocenters. The SMILES string of the molecule is c1ccc(-c2ccc(-c3cc(-c4cccc(-c5ccc(-c6nc7ccccc7c7ccc8c(nc(-c9ccccc9)n8-c8ccccc8)c67)cc5)n4)nc(-c4ccccc4)n3)cc2)cc1. The van der Waals surface area contributed by atoms with Crippen molar-refractivity contribution < 1.29 is 0 Å². The van der Waals surface area contributed by atoms with E-state index in [2.05, 4.69) is 162 Å². The molecule has 0 aliphatic heterocycles. The topological polar surface area (TPSA) is 69.4 Å². The summed E-state index contributed by atoms with van der Waals surface area (Å²) in [6, 6.07) is 79.5. The highest BCUT2D eigenvalue weighted by Crippen LogP contribution is 2.40. The van der Waals surface area contributed by atoms with Crippen molar-refractivity contribution in [2.45, 2.75) is 0 Å². The third-order valence-electron chi connectivity index (χ3n) is 12.0. The van der Waals surface area contributed by atoms with Crippen molar-refractivity contribution >= 4 is 32.7 Å². The first-order valence-electron chi connectivity index (χ1n) is 21.8. The molecule has 8 aromatic carbocycles. The van der Waals surface area contributed by atoms with Crippen molar-refractivity contribution in [2.75, 3.05) is 0 Å². The second kappa shape index (κ2) is 16.1. The maximum Gasteiger partial charge on any atom is 0.160 e. The molecule has 0 aliphatic rings. The third kappa shape index (κ3) is 7.00. The van der Waals surface area contributed by atoms with E-state index in [-0.39, 0.29) is 0 Å². The number of imidazole rings is 1. The second-order valence-electron chi connectivity index (χ2n) is 16.1. The van der Waals surface area contributed by atoms with E-state index < -0.39 is 0 Å². The number of fused-ring (bicyclic) bond motifs is 5. The molecule has 6 heteroatoms. The highest BCUT2D eigenvalue weighted by molar-refractivity contribution is 6.20. The molecule has 0 spiro atoms. The van der Waals surface area contributed by atoms with Gasteiger partial charge in [-0.25, -0.2) is 24.9 Å². The van der Waals surface area contributed by atoms with Gasteiger partial charge in [-0.15, -0.1) is 0 Å². The summed E-state index contributed by atoms with van der Waals surface area (Å²) in [5.74, 6) is 1.53. The Balaban J connectivity index is 0.959. The van der Waals surface area contributed by atoms with Crippen molar-refractivity contribution in [3.8, 4) is 84.7 Å². The number of pyridine rings is 2. The summed E-state index contributed by atoms with van der Waals surface area (Å²) in [6.45, 7) is 0. The fourth-order valence-corrected chi connectivity index (χ4v) is 8.86. The van der Waals surface area contributed by atoms with Crippen molar-refractivity contribution in [3.05, 3.63) is 231 Å². The number of benzene rings is 8. The summed E-state index contributed by atoms with van der Waals surface area (Å²) in [5.41, 5.74) is 15.3. The van der Waals surface area contributed by atoms with Gasteiger partial charge in [0.15, 0.2) is 5.82 Å². The van der Waals surface area contributed by atoms with Gasteiger partial charge in [0.2, 0.25) is 0 Å². The Morgan fingerprint density at radius 2 is 0.862 bits per heavy atom. The molecule has 4 aromatic heterocycles. The van der Waals surface area contributed by atoms with Gasteiger partial charge in [0, 0.05) is 44.3 Å². The standard InChI is InChI=1S/C59H38N6/c1-5-16-39(17-6-1)40-28-30-42(31-29-40)52-38-53(63-58(62-52)44-18-7-2-8-19-44)51-27-15-26-49(60-51)41-32-34-43(35-33-41)56-55-48(47-24-13-14-25-50(47)61-56)36-37-54-57(55)64-59(45-20-9-3-10-21-45)65(54)46-22-11-4-12-23-46/h1-38H. The second-order valence-corrected chi connectivity index (χ2v) is 16.1. The van der Waals surface area contributed by atoms with Crippen LogP contribution in [0.4, 0.5) is 0 Å². The highest BCUT2D eigenvalue weighted by atomic mass is 15.1. The molecule has 4 heterocycles. The van der Waals surface area contributed by atoms with Gasteiger partial charge in [-0.3, -0.25) is 4.57 Å². The van der Waals surface area contributed by atoms with Crippen LogP contribution in [0.3, 0.4) is 0 Å². The van der Waals surface area contributed by atoms with E-state index in [1.165, 1.54) is 5.56 Å². The minimum atomic E-state index is 0.649. The van der Waals surface area contributed by atoms with Crippen LogP contribution in [-0.2, 0) is 0 Å². The molecule has 0 bridgehead atoms. The van der Waals surface area contributed by atoms with Crippen LogP contribution in [0.5, 0.6) is 0 Å². The Kier molecular flexibility index (Phi) is 9.38. The summed E-state index contributed by atoms with van der Waals surface area (Å²) in [4.78, 5) is 26.2. The first kappa shape index (κ1) is 37.9. The van der Waals surface area contributed by atoms with Crippen LogP contribution in [-0.4, -0.2) is 29.5 Å². The summed E-state index contributed by atoms with van der Waals surface area (Å²) in [6.07, 6.45) is 0. The Morgan fingerprint density at radius 1 is 0.308 bits per heavy atom. The number of nitrogens with zero attached hydrogens (tertiary/aromatic N) is 6. The van der Waals surface area contributed by atoms with Crippen molar-refractivity contribution in [2.24, 2.45) is 0 Å². The van der Waals surface area contributed by atoms with Gasteiger partial charge >= 0.3 is 0 Å². The lowest BCUT2D eigenvalue weighted by Crippen LogP contribution is -1.97. The lowest BCUT2D eigenvalue weighted by Gasteiger charge is -2.13. The Bertz CT molecular complexity index is 3660. The minimum Gasteiger partial charge on any atom is -0.292 e. The average molecular weight is 831 g/mol. The molecular weight excluding hydrogens is 793 g/mol. The quantitative estimate of drug-likeness (QED) is 0.143. The van der Waals surface area contributed by atoms with Gasteiger partial charge in [0.1, 0.15) is 5.82 Å². The first-order valence-corrected chi connectivity index (χ1v) is 21.8. The molecule has 0 radical (unpaired) electrons. The Hall–Kier alpha value is -8.87. The third-order valence-corrected chi connectivity index (χ3v) is 12.0. The van der Waals surface area contributed by atoms with Crippen molar-refractivity contribution in [3.63, 3.8) is 0 Å². The van der Waals surface area contributed by atoms with Crippen LogP contribution in [0.1, 0.15) is 0 Å². The summed E-state index contributed by atoms with van der Waals surface area (Å²) in [7, 11) is 0. The van der Waals surface area contributed by atoms with Crippen molar-refractivity contribution in [1.82, 2.24) is 29.5 Å². The van der Waals surface area contributed by atoms with E-state index in [1.807, 2.05) is 72.8 Å². The molecule has 6 nitrogen and oxygen atoms in total. The number of para-hydroxylation sites is 2. The van der Waals surface area contributed by atoms with Crippen LogP contribution >= 0.6 is 0 Å². The Morgan fingerprint density at radius 3 is 1.58 bits per heavy atom. The van der Waals surface area contributed by atoms with E-state index >= 15 is 0 Å². The zero-order valence-electron chi connectivity index (χ0n) is 35.1. The fourth-order valence-electron chi connectivity index (χ4n) is 8.86. The molecule has 0 amide bonds. The molecule has 0 unspecified atom stereocenters. The largest absolute Gasteiger partial charge is 0.292 e. The van der Waals surface area contributed by atoms with Crippen LogP contribution in [0.25, 0.3) is 117 Å². The van der Waals surface area contributed by atoms with Crippen molar-refractivity contribution in [1.29, 1.82) is 0 Å². The van der Waals surface area contributed by atoms with Gasteiger partial charge < -0.3 is 0 Å². The van der Waals surface area contributed by atoms with Gasteiger partial charge in [0.25, 0.3) is 0 Å².